The summed E-state index contributed by atoms with van der Waals surface area (Å²) in [6.45, 7) is 0. The van der Waals surface area contributed by atoms with E-state index in [-0.39, 0.29) is 12.8 Å². The standard InChI is InChI=1S/C14H17N2O4/c15-12(8-10-4-2-1-3-5-10)14(20)16-11(9-17)6-7-13(18)19/h1-5,11-12H,6-8,15H2,(H,16,20)(H,18,19)/t11-,12-/m0/s1. The summed E-state index contributed by atoms with van der Waals surface area (Å²) in [4.78, 5) is 32.9. The van der Waals surface area contributed by atoms with E-state index < -0.39 is 24.0 Å². The lowest BCUT2D eigenvalue weighted by molar-refractivity contribution is -0.137. The summed E-state index contributed by atoms with van der Waals surface area (Å²) in [5.41, 5.74) is 6.66. The van der Waals surface area contributed by atoms with Gasteiger partial charge in [0.2, 0.25) is 12.2 Å². The molecule has 1 rings (SSSR count). The number of rotatable bonds is 8. The molecule has 0 aromatic heterocycles. The molecule has 20 heavy (non-hydrogen) atoms. The smallest absolute Gasteiger partial charge is 0.303 e. The predicted molar refractivity (Wildman–Crippen MR) is 72.6 cm³/mol. The third-order valence-corrected chi connectivity index (χ3v) is 2.74. The minimum Gasteiger partial charge on any atom is -0.481 e. The highest BCUT2D eigenvalue weighted by molar-refractivity contribution is 5.84. The Morgan fingerprint density at radius 3 is 2.50 bits per heavy atom. The summed E-state index contributed by atoms with van der Waals surface area (Å²) in [6.07, 6.45) is 1.74. The van der Waals surface area contributed by atoms with Gasteiger partial charge in [0, 0.05) is 6.42 Å². The lowest BCUT2D eigenvalue weighted by Crippen LogP contribution is -2.47. The highest BCUT2D eigenvalue weighted by atomic mass is 16.4. The number of carboxylic acids is 1. The van der Waals surface area contributed by atoms with Gasteiger partial charge in [-0.3, -0.25) is 14.4 Å². The van der Waals surface area contributed by atoms with E-state index in [9.17, 15) is 14.4 Å². The minimum absolute atomic E-state index is 0.00261. The molecule has 1 aromatic rings. The fraction of sp³-hybridized carbons (Fsp3) is 0.357. The first-order valence-corrected chi connectivity index (χ1v) is 6.22. The average molecular weight is 277 g/mol. The molecule has 0 spiro atoms. The molecule has 1 aromatic carbocycles. The monoisotopic (exact) mass is 277 g/mol. The number of benzene rings is 1. The third kappa shape index (κ3) is 5.62. The van der Waals surface area contributed by atoms with Crippen molar-refractivity contribution in [2.45, 2.75) is 31.3 Å². The van der Waals surface area contributed by atoms with Crippen LogP contribution in [-0.4, -0.2) is 35.4 Å². The number of hydrogen-bond donors (Lipinski definition) is 3. The van der Waals surface area contributed by atoms with Crippen molar-refractivity contribution in [1.29, 1.82) is 0 Å². The molecule has 0 aliphatic carbocycles. The SMILES string of the molecule is N[C@@H](Cc1ccccc1)C(=O)N[C@H]([C]=O)CCC(=O)O. The molecule has 0 saturated heterocycles. The second-order valence-electron chi connectivity index (χ2n) is 4.41. The molecule has 1 amide bonds. The van der Waals surface area contributed by atoms with Crippen LogP contribution in [0.2, 0.25) is 0 Å². The van der Waals surface area contributed by atoms with Crippen LogP contribution in [0.3, 0.4) is 0 Å². The highest BCUT2D eigenvalue weighted by Crippen LogP contribution is 2.03. The number of nitrogens with one attached hydrogen (secondary N) is 1. The fourth-order valence-corrected chi connectivity index (χ4v) is 1.67. The van der Waals surface area contributed by atoms with Crippen LogP contribution < -0.4 is 11.1 Å². The Kier molecular flexibility index (Phi) is 6.39. The van der Waals surface area contributed by atoms with E-state index in [1.165, 1.54) is 0 Å². The van der Waals surface area contributed by atoms with E-state index in [1.807, 2.05) is 30.3 Å². The second kappa shape index (κ2) is 8.06. The van der Waals surface area contributed by atoms with Crippen LogP contribution in [0.4, 0.5) is 0 Å². The van der Waals surface area contributed by atoms with E-state index in [0.29, 0.717) is 6.42 Å². The van der Waals surface area contributed by atoms with Crippen LogP contribution in [0.1, 0.15) is 18.4 Å². The molecule has 2 atom stereocenters. The molecule has 0 fully saturated rings. The van der Waals surface area contributed by atoms with Crippen molar-refractivity contribution in [2.24, 2.45) is 5.73 Å². The maximum absolute atomic E-state index is 11.8. The van der Waals surface area contributed by atoms with E-state index in [4.69, 9.17) is 10.8 Å². The molecule has 6 heteroatoms. The normalized spacial score (nSPS) is 13.2. The molecule has 107 valence electrons. The van der Waals surface area contributed by atoms with Crippen molar-refractivity contribution < 1.29 is 19.5 Å². The number of carboxylic acid groups (broad SMARTS) is 1. The molecule has 0 unspecified atom stereocenters. The highest BCUT2D eigenvalue weighted by Gasteiger charge is 2.19. The zero-order valence-corrected chi connectivity index (χ0v) is 10.9. The van der Waals surface area contributed by atoms with Crippen molar-refractivity contribution in [1.82, 2.24) is 5.32 Å². The number of amides is 1. The first kappa shape index (κ1) is 15.8. The van der Waals surface area contributed by atoms with E-state index >= 15 is 0 Å². The topological polar surface area (TPSA) is 109 Å². The van der Waals surface area contributed by atoms with Crippen molar-refractivity contribution in [3.05, 3.63) is 35.9 Å². The summed E-state index contributed by atoms with van der Waals surface area (Å²) in [5, 5.41) is 10.9. The predicted octanol–water partition coefficient (Wildman–Crippen LogP) is 0.0157. The first-order chi connectivity index (χ1) is 9.52. The molecular formula is C14H17N2O4. The maximum Gasteiger partial charge on any atom is 0.303 e. The summed E-state index contributed by atoms with van der Waals surface area (Å²) in [7, 11) is 0. The van der Waals surface area contributed by atoms with Gasteiger partial charge in [0.1, 0.15) is 0 Å². The van der Waals surface area contributed by atoms with Crippen molar-refractivity contribution >= 4 is 18.2 Å². The van der Waals surface area contributed by atoms with E-state index in [1.54, 1.807) is 6.29 Å². The number of carbonyl (C=O) groups excluding carboxylic acids is 2. The van der Waals surface area contributed by atoms with Crippen molar-refractivity contribution in [3.63, 3.8) is 0 Å². The lowest BCUT2D eigenvalue weighted by atomic mass is 10.1. The Labute approximate surface area is 117 Å². The van der Waals surface area contributed by atoms with Crippen LogP contribution in [0.25, 0.3) is 0 Å². The molecule has 0 aliphatic heterocycles. The van der Waals surface area contributed by atoms with Gasteiger partial charge in [-0.1, -0.05) is 30.3 Å². The first-order valence-electron chi connectivity index (χ1n) is 6.22. The van der Waals surface area contributed by atoms with Crippen LogP contribution in [0.5, 0.6) is 0 Å². The molecule has 6 nitrogen and oxygen atoms in total. The third-order valence-electron chi connectivity index (χ3n) is 2.74. The molecule has 0 aliphatic rings. The largest absolute Gasteiger partial charge is 0.481 e. The van der Waals surface area contributed by atoms with Gasteiger partial charge in [-0.2, -0.15) is 0 Å². The number of hydrogen-bond acceptors (Lipinski definition) is 4. The fourth-order valence-electron chi connectivity index (χ4n) is 1.67. The molecule has 0 saturated carbocycles. The van der Waals surface area contributed by atoms with Gasteiger partial charge < -0.3 is 16.2 Å². The van der Waals surface area contributed by atoms with E-state index in [2.05, 4.69) is 5.32 Å². The van der Waals surface area contributed by atoms with Crippen LogP contribution in [-0.2, 0) is 20.8 Å². The Balaban J connectivity index is 2.47. The molecule has 1 radical (unpaired) electrons. The molecule has 0 heterocycles. The van der Waals surface area contributed by atoms with Crippen molar-refractivity contribution in [2.75, 3.05) is 0 Å². The van der Waals surface area contributed by atoms with Gasteiger partial charge in [0.15, 0.2) is 0 Å². The summed E-state index contributed by atoms with van der Waals surface area (Å²) in [6, 6.07) is 7.50. The number of nitrogens with two attached hydrogens (primary N) is 1. The van der Waals surface area contributed by atoms with Gasteiger partial charge in [0.25, 0.3) is 0 Å². The Morgan fingerprint density at radius 1 is 1.30 bits per heavy atom. The van der Waals surface area contributed by atoms with E-state index in [0.717, 1.165) is 5.56 Å². The van der Waals surface area contributed by atoms with Gasteiger partial charge in [-0.15, -0.1) is 0 Å². The Hall–Kier alpha value is -2.21. The van der Waals surface area contributed by atoms with Gasteiger partial charge >= 0.3 is 5.97 Å². The summed E-state index contributed by atoms with van der Waals surface area (Å²) >= 11 is 0. The molecule has 4 N–H and O–H groups in total. The maximum atomic E-state index is 11.8. The van der Waals surface area contributed by atoms with Gasteiger partial charge in [-0.05, 0) is 18.4 Å². The van der Waals surface area contributed by atoms with Crippen LogP contribution in [0, 0.1) is 0 Å². The molecule has 0 bridgehead atoms. The second-order valence-corrected chi connectivity index (χ2v) is 4.41. The minimum atomic E-state index is -1.03. The number of aliphatic carboxylic acids is 1. The number of carbonyl (C=O) groups is 2. The van der Waals surface area contributed by atoms with Gasteiger partial charge in [0.05, 0.1) is 12.1 Å². The lowest BCUT2D eigenvalue weighted by Gasteiger charge is -2.15. The Bertz CT molecular complexity index is 462. The van der Waals surface area contributed by atoms with Crippen LogP contribution in [0.15, 0.2) is 30.3 Å². The molecular weight excluding hydrogens is 260 g/mol. The van der Waals surface area contributed by atoms with Gasteiger partial charge in [-0.25, -0.2) is 0 Å². The van der Waals surface area contributed by atoms with Crippen LogP contribution >= 0.6 is 0 Å². The summed E-state index contributed by atoms with van der Waals surface area (Å²) < 4.78 is 0. The summed E-state index contributed by atoms with van der Waals surface area (Å²) in [5.74, 6) is -1.53. The zero-order chi connectivity index (χ0) is 15.0. The Morgan fingerprint density at radius 2 is 1.95 bits per heavy atom. The quantitative estimate of drug-likeness (QED) is 0.620. The van der Waals surface area contributed by atoms with Crippen molar-refractivity contribution in [3.8, 4) is 0 Å². The average Bonchev–Trinajstić information content (AvgIpc) is 2.44. The zero-order valence-electron chi connectivity index (χ0n) is 10.9.